The van der Waals surface area contributed by atoms with E-state index in [-0.39, 0.29) is 36.5 Å². The Bertz CT molecular complexity index is 1580. The van der Waals surface area contributed by atoms with Gasteiger partial charge in [-0.25, -0.2) is 23.8 Å². The van der Waals surface area contributed by atoms with Crippen molar-refractivity contribution < 1.29 is 28.2 Å². The Labute approximate surface area is 215 Å². The van der Waals surface area contributed by atoms with Crippen LogP contribution in [-0.2, 0) is 16.0 Å². The van der Waals surface area contributed by atoms with Crippen molar-refractivity contribution in [3.05, 3.63) is 87.9 Å². The second-order valence-corrected chi connectivity index (χ2v) is 8.07. The zero-order valence-corrected chi connectivity index (χ0v) is 20.6. The second-order valence-electron chi connectivity index (χ2n) is 8.07. The number of nitrogens with two attached hydrogens (primary N) is 1. The molecule has 2 aromatic heterocycles. The number of benzene rings is 2. The largest absolute Gasteiger partial charge is 0.462 e. The van der Waals surface area contributed by atoms with Crippen molar-refractivity contribution >= 4 is 34.7 Å². The van der Waals surface area contributed by atoms with Gasteiger partial charge in [-0.3, -0.25) is 9.69 Å². The minimum absolute atomic E-state index is 0.0643. The summed E-state index contributed by atoms with van der Waals surface area (Å²) in [6.45, 7) is 3.67. The van der Waals surface area contributed by atoms with Crippen LogP contribution in [0.25, 0.3) is 16.7 Å². The maximum Gasteiger partial charge on any atom is 0.362 e. The molecule has 0 aliphatic heterocycles. The van der Waals surface area contributed by atoms with E-state index >= 15 is 0 Å². The van der Waals surface area contributed by atoms with Gasteiger partial charge in [0.15, 0.2) is 0 Å². The number of anilines is 1. The van der Waals surface area contributed by atoms with E-state index in [1.165, 1.54) is 27.7 Å². The number of H-pyrrole nitrogens is 1. The van der Waals surface area contributed by atoms with Gasteiger partial charge in [0.25, 0.3) is 5.56 Å². The maximum absolute atomic E-state index is 15.0. The zero-order chi connectivity index (χ0) is 27.4. The third-order valence-corrected chi connectivity index (χ3v) is 5.56. The molecule has 0 atom stereocenters. The van der Waals surface area contributed by atoms with E-state index in [1.807, 2.05) is 0 Å². The van der Waals surface area contributed by atoms with E-state index in [0.717, 1.165) is 6.07 Å². The minimum atomic E-state index is -0.883. The van der Waals surface area contributed by atoms with Gasteiger partial charge >= 0.3 is 18.0 Å². The molecule has 2 aromatic carbocycles. The van der Waals surface area contributed by atoms with Gasteiger partial charge < -0.3 is 24.8 Å². The molecule has 0 aliphatic carbocycles. The highest BCUT2D eigenvalue weighted by molar-refractivity contribution is 5.93. The first kappa shape index (κ1) is 26.1. The number of aromatic amines is 1. The lowest BCUT2D eigenvalue weighted by molar-refractivity contribution is 0.0511. The standard InChI is InChI=1S/C26H24FN5O6/c1-3-37-24(34)16-5-7-17(8-6-16)32(26(28)36)14-15-9-10-31(13-15)21-12-20-19(11-18(21)27)30-23(33)22(29-20)25(35)38-4-2/h5-13H,3-4,14H2,1-2H3,(H2,28,36)(H,30,33). The summed E-state index contributed by atoms with van der Waals surface area (Å²) in [5, 5.41) is 0. The van der Waals surface area contributed by atoms with Gasteiger partial charge in [0, 0.05) is 24.1 Å². The SMILES string of the molecule is CCOC(=O)c1ccc(N(Cc2ccn(-c3cc4nc(C(=O)OCC)c(=O)[nH]c4cc3F)c2)C(N)=O)cc1. The van der Waals surface area contributed by atoms with Gasteiger partial charge in [0.05, 0.1) is 42.0 Å². The number of ether oxygens (including phenoxy) is 2. The van der Waals surface area contributed by atoms with Crippen LogP contribution in [0.15, 0.2) is 59.7 Å². The summed E-state index contributed by atoms with van der Waals surface area (Å²) in [6.07, 6.45) is 3.19. The number of nitrogens with one attached hydrogen (secondary N) is 1. The van der Waals surface area contributed by atoms with Crippen molar-refractivity contribution in [3.63, 3.8) is 0 Å². The van der Waals surface area contributed by atoms with Gasteiger partial charge in [-0.15, -0.1) is 0 Å². The first-order chi connectivity index (χ1) is 18.2. The number of esters is 2. The summed E-state index contributed by atoms with van der Waals surface area (Å²) in [6, 6.07) is 9.65. The third-order valence-electron chi connectivity index (χ3n) is 5.56. The van der Waals surface area contributed by atoms with Crippen LogP contribution in [0, 0.1) is 5.82 Å². The second kappa shape index (κ2) is 10.9. The topological polar surface area (TPSA) is 150 Å². The van der Waals surface area contributed by atoms with E-state index in [1.54, 1.807) is 44.4 Å². The molecule has 0 bridgehead atoms. The summed E-state index contributed by atoms with van der Waals surface area (Å²) in [5.74, 6) is -2.01. The number of urea groups is 1. The monoisotopic (exact) mass is 521 g/mol. The van der Waals surface area contributed by atoms with Crippen LogP contribution in [0.3, 0.4) is 0 Å². The molecule has 0 radical (unpaired) electrons. The number of carbonyl (C=O) groups is 3. The predicted octanol–water partition coefficient (Wildman–Crippen LogP) is 3.29. The van der Waals surface area contributed by atoms with E-state index in [4.69, 9.17) is 15.2 Å². The van der Waals surface area contributed by atoms with Gasteiger partial charge in [-0.05, 0) is 55.8 Å². The smallest absolute Gasteiger partial charge is 0.362 e. The number of amides is 2. The molecular weight excluding hydrogens is 497 g/mol. The highest BCUT2D eigenvalue weighted by atomic mass is 19.1. The quantitative estimate of drug-likeness (QED) is 0.338. The summed E-state index contributed by atoms with van der Waals surface area (Å²) in [5.41, 5.74) is 6.18. The number of nitrogens with zero attached hydrogens (tertiary/aromatic N) is 3. The maximum atomic E-state index is 15.0. The van der Waals surface area contributed by atoms with E-state index < -0.39 is 35.0 Å². The Balaban J connectivity index is 1.62. The van der Waals surface area contributed by atoms with Crippen molar-refractivity contribution in [2.45, 2.75) is 20.4 Å². The van der Waals surface area contributed by atoms with Gasteiger partial charge in [-0.1, -0.05) is 0 Å². The molecule has 0 saturated heterocycles. The molecule has 12 heteroatoms. The first-order valence-corrected chi connectivity index (χ1v) is 11.6. The number of rotatable bonds is 8. The molecule has 3 N–H and O–H groups in total. The average Bonchev–Trinajstić information content (AvgIpc) is 3.35. The number of hydrogen-bond acceptors (Lipinski definition) is 7. The summed E-state index contributed by atoms with van der Waals surface area (Å²) < 4.78 is 26.3. The Morgan fingerprint density at radius 3 is 2.39 bits per heavy atom. The van der Waals surface area contributed by atoms with Crippen LogP contribution in [0.4, 0.5) is 14.9 Å². The van der Waals surface area contributed by atoms with E-state index in [0.29, 0.717) is 16.8 Å². The Hall–Kier alpha value is -5.00. The van der Waals surface area contributed by atoms with E-state index in [2.05, 4.69) is 9.97 Å². The molecule has 2 heterocycles. The molecule has 0 fully saturated rings. The summed E-state index contributed by atoms with van der Waals surface area (Å²) in [4.78, 5) is 56.1. The molecule has 38 heavy (non-hydrogen) atoms. The highest BCUT2D eigenvalue weighted by Crippen LogP contribution is 2.23. The molecule has 196 valence electrons. The third kappa shape index (κ3) is 5.38. The number of carbonyl (C=O) groups excluding carboxylic acids is 3. The molecule has 11 nitrogen and oxygen atoms in total. The van der Waals surface area contributed by atoms with Crippen LogP contribution in [0.1, 0.15) is 40.3 Å². The summed E-state index contributed by atoms with van der Waals surface area (Å²) >= 11 is 0. The van der Waals surface area contributed by atoms with Crippen molar-refractivity contribution in [1.29, 1.82) is 0 Å². The van der Waals surface area contributed by atoms with Crippen molar-refractivity contribution in [3.8, 4) is 5.69 Å². The van der Waals surface area contributed by atoms with Crippen LogP contribution >= 0.6 is 0 Å². The number of halogens is 1. The first-order valence-electron chi connectivity index (χ1n) is 11.6. The lowest BCUT2D eigenvalue weighted by Gasteiger charge is -2.20. The van der Waals surface area contributed by atoms with Crippen molar-refractivity contribution in [2.24, 2.45) is 5.73 Å². The van der Waals surface area contributed by atoms with Gasteiger partial charge in [0.2, 0.25) is 5.69 Å². The normalized spacial score (nSPS) is 10.8. The average molecular weight is 522 g/mol. The molecule has 0 unspecified atom stereocenters. The van der Waals surface area contributed by atoms with Crippen molar-refractivity contribution in [1.82, 2.24) is 14.5 Å². The zero-order valence-electron chi connectivity index (χ0n) is 20.6. The molecule has 4 aromatic rings. The fourth-order valence-corrected chi connectivity index (χ4v) is 3.79. The number of aromatic nitrogens is 3. The molecule has 0 spiro atoms. The Kier molecular flexibility index (Phi) is 7.51. The molecule has 2 amide bonds. The van der Waals surface area contributed by atoms with Gasteiger partial charge in [0.1, 0.15) is 5.82 Å². The van der Waals surface area contributed by atoms with Crippen LogP contribution in [0.5, 0.6) is 0 Å². The Morgan fingerprint density at radius 1 is 1.05 bits per heavy atom. The number of hydrogen-bond donors (Lipinski definition) is 2. The predicted molar refractivity (Wildman–Crippen MR) is 136 cm³/mol. The van der Waals surface area contributed by atoms with Gasteiger partial charge in [-0.2, -0.15) is 0 Å². The van der Waals surface area contributed by atoms with Crippen LogP contribution in [-0.4, -0.2) is 45.7 Å². The molecule has 4 rings (SSSR count). The molecule has 0 aliphatic rings. The highest BCUT2D eigenvalue weighted by Gasteiger charge is 2.18. The van der Waals surface area contributed by atoms with E-state index in [9.17, 15) is 23.6 Å². The number of primary amides is 1. The molecular formula is C26H24FN5O6. The fraction of sp³-hybridized carbons (Fsp3) is 0.192. The fourth-order valence-electron chi connectivity index (χ4n) is 3.79. The lowest BCUT2D eigenvalue weighted by Crippen LogP contribution is -2.35. The minimum Gasteiger partial charge on any atom is -0.462 e. The molecule has 0 saturated carbocycles. The summed E-state index contributed by atoms with van der Waals surface area (Å²) in [7, 11) is 0. The lowest BCUT2D eigenvalue weighted by atomic mass is 10.2. The van der Waals surface area contributed by atoms with Crippen LogP contribution < -0.4 is 16.2 Å². The number of fused-ring (bicyclic) bond motifs is 1. The van der Waals surface area contributed by atoms with Crippen molar-refractivity contribution in [2.75, 3.05) is 18.1 Å². The Morgan fingerprint density at radius 2 is 1.74 bits per heavy atom. The van der Waals surface area contributed by atoms with Crippen LogP contribution in [0.2, 0.25) is 0 Å².